The van der Waals surface area contributed by atoms with Crippen LogP contribution in [0.2, 0.25) is 0 Å². The molecule has 0 bridgehead atoms. The maximum Gasteiger partial charge on any atom is 0.128 e. The molecule has 0 radical (unpaired) electrons. The number of hydrogen-bond acceptors (Lipinski definition) is 1. The van der Waals surface area contributed by atoms with Crippen LogP contribution in [0.1, 0.15) is 18.4 Å². The largest absolute Gasteiger partial charge is 0.385 e. The van der Waals surface area contributed by atoms with Gasteiger partial charge in [0.25, 0.3) is 0 Å². The molecule has 0 spiro atoms. The maximum absolute atomic E-state index is 13.2. The quantitative estimate of drug-likeness (QED) is 0.681. The second kappa shape index (κ2) is 4.47. The summed E-state index contributed by atoms with van der Waals surface area (Å²) in [4.78, 5) is 0. The molecule has 1 aliphatic rings. The summed E-state index contributed by atoms with van der Waals surface area (Å²) < 4.78 is 13.2. The number of anilines is 1. The molecule has 1 heterocycles. The highest BCUT2D eigenvalue weighted by Gasteiger charge is 2.10. The van der Waals surface area contributed by atoms with Crippen LogP contribution in [-0.2, 0) is 6.42 Å². The van der Waals surface area contributed by atoms with Crippen molar-refractivity contribution in [1.29, 1.82) is 0 Å². The third-order valence-electron chi connectivity index (χ3n) is 2.29. The van der Waals surface area contributed by atoms with Crippen molar-refractivity contribution in [1.82, 2.24) is 0 Å². The van der Waals surface area contributed by atoms with E-state index in [1.165, 1.54) is 6.07 Å². The standard InChI is InChI=1S/C10H12FN.ClH/c11-9-5-3-6-10-8(9)4-1-2-7-12-10;/h3,5-6,12H,1-2,4,7H2;1H. The number of fused-ring (bicyclic) bond motifs is 1. The fourth-order valence-electron chi connectivity index (χ4n) is 1.63. The van der Waals surface area contributed by atoms with Crippen LogP contribution in [0.3, 0.4) is 0 Å². The Hall–Kier alpha value is -0.760. The summed E-state index contributed by atoms with van der Waals surface area (Å²) in [5.74, 6) is -0.0677. The van der Waals surface area contributed by atoms with Crippen LogP contribution in [0.5, 0.6) is 0 Å². The minimum atomic E-state index is -0.0677. The van der Waals surface area contributed by atoms with Crippen LogP contribution in [0.25, 0.3) is 0 Å². The van der Waals surface area contributed by atoms with E-state index in [0.29, 0.717) is 0 Å². The van der Waals surface area contributed by atoms with Gasteiger partial charge in [0.05, 0.1) is 0 Å². The Kier molecular flexibility index (Phi) is 3.55. The van der Waals surface area contributed by atoms with Crippen LogP contribution in [0.15, 0.2) is 18.2 Å². The Bertz CT molecular complexity index is 288. The van der Waals surface area contributed by atoms with Gasteiger partial charge in [-0.25, -0.2) is 4.39 Å². The molecule has 13 heavy (non-hydrogen) atoms. The molecular weight excluding hydrogens is 189 g/mol. The molecule has 0 aliphatic carbocycles. The molecule has 0 aromatic heterocycles. The van der Waals surface area contributed by atoms with Crippen molar-refractivity contribution in [3.05, 3.63) is 29.6 Å². The van der Waals surface area contributed by atoms with Gasteiger partial charge in [-0.15, -0.1) is 12.4 Å². The van der Waals surface area contributed by atoms with Crippen LogP contribution in [0, 0.1) is 5.82 Å². The Labute approximate surface area is 83.8 Å². The maximum atomic E-state index is 13.2. The zero-order valence-corrected chi connectivity index (χ0v) is 8.16. The number of hydrogen-bond donors (Lipinski definition) is 1. The van der Waals surface area contributed by atoms with Crippen LogP contribution >= 0.6 is 12.4 Å². The first-order valence-corrected chi connectivity index (χ1v) is 4.39. The molecule has 3 heteroatoms. The van der Waals surface area contributed by atoms with Gasteiger partial charge >= 0.3 is 0 Å². The summed E-state index contributed by atoms with van der Waals surface area (Å²) in [5, 5.41) is 3.23. The fraction of sp³-hybridized carbons (Fsp3) is 0.400. The summed E-state index contributed by atoms with van der Waals surface area (Å²) in [6.45, 7) is 0.969. The summed E-state index contributed by atoms with van der Waals surface area (Å²) in [5.41, 5.74) is 1.84. The highest BCUT2D eigenvalue weighted by atomic mass is 35.5. The van der Waals surface area contributed by atoms with Gasteiger partial charge in [-0.1, -0.05) is 6.07 Å². The van der Waals surface area contributed by atoms with Gasteiger partial charge in [-0.05, 0) is 31.4 Å². The molecule has 0 fully saturated rings. The molecule has 1 aromatic rings. The van der Waals surface area contributed by atoms with Crippen molar-refractivity contribution in [2.45, 2.75) is 19.3 Å². The highest BCUT2D eigenvalue weighted by Crippen LogP contribution is 2.23. The number of benzene rings is 1. The molecule has 1 aliphatic heterocycles. The average Bonchev–Trinajstić information content (AvgIpc) is 2.30. The second-order valence-corrected chi connectivity index (χ2v) is 3.15. The third-order valence-corrected chi connectivity index (χ3v) is 2.29. The van der Waals surface area contributed by atoms with Crippen molar-refractivity contribution < 1.29 is 4.39 Å². The van der Waals surface area contributed by atoms with Gasteiger partial charge in [0, 0.05) is 17.8 Å². The molecule has 0 atom stereocenters. The van der Waals surface area contributed by atoms with Gasteiger partial charge in [0.1, 0.15) is 5.82 Å². The van der Waals surface area contributed by atoms with Crippen molar-refractivity contribution in [2.75, 3.05) is 11.9 Å². The van der Waals surface area contributed by atoms with Gasteiger partial charge in [-0.2, -0.15) is 0 Å². The Morgan fingerprint density at radius 3 is 2.92 bits per heavy atom. The van der Waals surface area contributed by atoms with E-state index in [2.05, 4.69) is 5.32 Å². The smallest absolute Gasteiger partial charge is 0.128 e. The van der Waals surface area contributed by atoms with Crippen LogP contribution in [0.4, 0.5) is 10.1 Å². The minimum absolute atomic E-state index is 0. The topological polar surface area (TPSA) is 12.0 Å². The van der Waals surface area contributed by atoms with Gasteiger partial charge < -0.3 is 5.32 Å². The predicted octanol–water partition coefficient (Wildman–Crippen LogP) is 3.00. The van der Waals surface area contributed by atoms with Crippen LogP contribution in [-0.4, -0.2) is 6.54 Å². The van der Waals surface area contributed by atoms with Crippen molar-refractivity contribution >= 4 is 18.1 Å². The average molecular weight is 202 g/mol. The third kappa shape index (κ3) is 2.13. The lowest BCUT2D eigenvalue weighted by atomic mass is 10.1. The molecule has 2 rings (SSSR count). The lowest BCUT2D eigenvalue weighted by molar-refractivity contribution is 0.607. The van der Waals surface area contributed by atoms with E-state index in [-0.39, 0.29) is 18.2 Å². The summed E-state index contributed by atoms with van der Waals surface area (Å²) in [6.07, 6.45) is 3.09. The molecule has 1 aromatic carbocycles. The van der Waals surface area contributed by atoms with Crippen molar-refractivity contribution in [3.63, 3.8) is 0 Å². The molecule has 0 saturated heterocycles. The number of halogens is 2. The van der Waals surface area contributed by atoms with Crippen molar-refractivity contribution in [2.24, 2.45) is 0 Å². The molecular formula is C10H13ClFN. The Morgan fingerprint density at radius 2 is 2.08 bits per heavy atom. The van der Waals surface area contributed by atoms with Crippen molar-refractivity contribution in [3.8, 4) is 0 Å². The molecule has 1 N–H and O–H groups in total. The second-order valence-electron chi connectivity index (χ2n) is 3.15. The summed E-state index contributed by atoms with van der Waals surface area (Å²) >= 11 is 0. The Balaban J connectivity index is 0.000000845. The highest BCUT2D eigenvalue weighted by molar-refractivity contribution is 5.85. The van der Waals surface area contributed by atoms with Gasteiger partial charge in [-0.3, -0.25) is 0 Å². The lowest BCUT2D eigenvalue weighted by Crippen LogP contribution is -2.00. The van der Waals surface area contributed by atoms with E-state index in [9.17, 15) is 4.39 Å². The van der Waals surface area contributed by atoms with E-state index in [0.717, 1.165) is 37.1 Å². The van der Waals surface area contributed by atoms with Gasteiger partial charge in [0.15, 0.2) is 0 Å². The first-order valence-electron chi connectivity index (χ1n) is 4.39. The predicted molar refractivity (Wildman–Crippen MR) is 55.1 cm³/mol. The molecule has 0 amide bonds. The van der Waals surface area contributed by atoms with E-state index in [1.807, 2.05) is 6.07 Å². The minimum Gasteiger partial charge on any atom is -0.385 e. The number of rotatable bonds is 0. The normalized spacial score (nSPS) is 14.8. The molecule has 72 valence electrons. The first-order chi connectivity index (χ1) is 5.88. The summed E-state index contributed by atoms with van der Waals surface area (Å²) in [6, 6.07) is 5.24. The van der Waals surface area contributed by atoms with E-state index < -0.39 is 0 Å². The fourth-order valence-corrected chi connectivity index (χ4v) is 1.63. The summed E-state index contributed by atoms with van der Waals surface area (Å²) in [7, 11) is 0. The Morgan fingerprint density at radius 1 is 1.23 bits per heavy atom. The monoisotopic (exact) mass is 201 g/mol. The number of nitrogens with one attached hydrogen (secondary N) is 1. The van der Waals surface area contributed by atoms with E-state index >= 15 is 0 Å². The zero-order chi connectivity index (χ0) is 8.39. The lowest BCUT2D eigenvalue weighted by Gasteiger charge is -2.06. The van der Waals surface area contributed by atoms with Gasteiger partial charge in [0.2, 0.25) is 0 Å². The zero-order valence-electron chi connectivity index (χ0n) is 7.35. The van der Waals surface area contributed by atoms with Crippen LogP contribution < -0.4 is 5.32 Å². The first kappa shape index (κ1) is 10.3. The molecule has 0 unspecified atom stereocenters. The van der Waals surface area contributed by atoms with E-state index in [1.54, 1.807) is 6.07 Å². The molecule has 1 nitrogen and oxygen atoms in total. The SMILES string of the molecule is Cl.Fc1cccc2c1CCCCN2. The van der Waals surface area contributed by atoms with E-state index in [4.69, 9.17) is 0 Å². The molecule has 0 saturated carbocycles.